The molecule has 0 bridgehead atoms. The van der Waals surface area contributed by atoms with Crippen LogP contribution in [0.15, 0.2) is 65.3 Å². The molecule has 148 valence electrons. The molecule has 0 atom stereocenters. The van der Waals surface area contributed by atoms with Crippen molar-refractivity contribution in [2.45, 2.75) is 45.6 Å². The van der Waals surface area contributed by atoms with Gasteiger partial charge in [0.15, 0.2) is 0 Å². The first-order chi connectivity index (χ1) is 14.2. The Kier molecular flexibility index (Phi) is 5.89. The summed E-state index contributed by atoms with van der Waals surface area (Å²) >= 11 is 0. The maximum atomic E-state index is 12.3. The van der Waals surface area contributed by atoms with E-state index in [1.807, 2.05) is 43.3 Å². The maximum absolute atomic E-state index is 12.3. The number of carbonyl (C=O) groups is 1. The van der Waals surface area contributed by atoms with Gasteiger partial charge in [-0.3, -0.25) is 4.79 Å². The van der Waals surface area contributed by atoms with Crippen LogP contribution in [0.2, 0.25) is 0 Å². The van der Waals surface area contributed by atoms with Gasteiger partial charge in [0.2, 0.25) is 5.91 Å². The van der Waals surface area contributed by atoms with Crippen LogP contribution in [0.4, 0.5) is 0 Å². The lowest BCUT2D eigenvalue weighted by Gasteiger charge is -2.15. The molecular formula is C25H27N3O. The van der Waals surface area contributed by atoms with Gasteiger partial charge < -0.3 is 4.57 Å². The third-order valence-corrected chi connectivity index (χ3v) is 5.50. The van der Waals surface area contributed by atoms with Gasteiger partial charge in [0.1, 0.15) is 0 Å². The topological polar surface area (TPSA) is 46.4 Å². The van der Waals surface area contributed by atoms with Gasteiger partial charge in [-0.25, -0.2) is 5.43 Å². The third-order valence-electron chi connectivity index (χ3n) is 5.50. The Morgan fingerprint density at radius 1 is 1.07 bits per heavy atom. The summed E-state index contributed by atoms with van der Waals surface area (Å²) in [4.78, 5) is 12.3. The molecule has 0 saturated carbocycles. The molecule has 0 unspecified atom stereocenters. The van der Waals surface area contributed by atoms with Crippen LogP contribution in [0.25, 0.3) is 17.0 Å². The standard InChI is InChI=1S/C25H27N3O/c1-19(17-20-9-3-2-4-10-20)18-26-27-25(29)15-16-28-23-13-7-5-11-21(23)22-12-6-8-14-24(22)28/h2-5,7,9-11,13,17-18H,6,8,12,14-16H2,1H3,(H,27,29). The lowest BCUT2D eigenvalue weighted by atomic mass is 9.95. The fourth-order valence-corrected chi connectivity index (χ4v) is 4.17. The summed E-state index contributed by atoms with van der Waals surface area (Å²) < 4.78 is 2.34. The number of para-hydroxylation sites is 1. The Morgan fingerprint density at radius 3 is 2.69 bits per heavy atom. The number of benzene rings is 2. The van der Waals surface area contributed by atoms with Crippen molar-refractivity contribution in [2.24, 2.45) is 5.10 Å². The van der Waals surface area contributed by atoms with Gasteiger partial charge in [-0.05, 0) is 55.4 Å². The van der Waals surface area contributed by atoms with Gasteiger partial charge in [-0.15, -0.1) is 0 Å². The van der Waals surface area contributed by atoms with Crippen LogP contribution in [0.5, 0.6) is 0 Å². The highest BCUT2D eigenvalue weighted by molar-refractivity contribution is 5.87. The molecule has 4 heteroatoms. The largest absolute Gasteiger partial charge is 0.344 e. The minimum Gasteiger partial charge on any atom is -0.344 e. The number of rotatable bonds is 6. The van der Waals surface area contributed by atoms with E-state index < -0.39 is 0 Å². The van der Waals surface area contributed by atoms with Crippen molar-refractivity contribution in [3.8, 4) is 0 Å². The number of nitrogens with one attached hydrogen (secondary N) is 1. The van der Waals surface area contributed by atoms with Crippen molar-refractivity contribution in [3.63, 3.8) is 0 Å². The van der Waals surface area contributed by atoms with Crippen LogP contribution in [-0.4, -0.2) is 16.7 Å². The van der Waals surface area contributed by atoms with Crippen LogP contribution < -0.4 is 5.43 Å². The number of allylic oxidation sites excluding steroid dienone is 1. The molecule has 0 saturated heterocycles. The van der Waals surface area contributed by atoms with Crippen molar-refractivity contribution in [2.75, 3.05) is 0 Å². The summed E-state index contributed by atoms with van der Waals surface area (Å²) in [7, 11) is 0. The lowest BCUT2D eigenvalue weighted by molar-refractivity contribution is -0.121. The fourth-order valence-electron chi connectivity index (χ4n) is 4.17. The fraction of sp³-hybridized carbons (Fsp3) is 0.280. The number of hydrazone groups is 1. The van der Waals surface area contributed by atoms with E-state index >= 15 is 0 Å². The van der Waals surface area contributed by atoms with E-state index in [0.29, 0.717) is 13.0 Å². The molecule has 1 heterocycles. The summed E-state index contributed by atoms with van der Waals surface area (Å²) in [5, 5.41) is 5.46. The highest BCUT2D eigenvalue weighted by Crippen LogP contribution is 2.32. The second kappa shape index (κ2) is 8.91. The molecular weight excluding hydrogens is 358 g/mol. The zero-order valence-corrected chi connectivity index (χ0v) is 16.9. The van der Waals surface area contributed by atoms with Crippen molar-refractivity contribution in [1.29, 1.82) is 0 Å². The molecule has 29 heavy (non-hydrogen) atoms. The molecule has 0 radical (unpaired) electrons. The Hall–Kier alpha value is -3.14. The smallest absolute Gasteiger partial charge is 0.241 e. The van der Waals surface area contributed by atoms with E-state index in [1.165, 1.54) is 35.0 Å². The monoisotopic (exact) mass is 385 g/mol. The van der Waals surface area contributed by atoms with Crippen molar-refractivity contribution in [1.82, 2.24) is 9.99 Å². The molecule has 1 aliphatic rings. The first-order valence-electron chi connectivity index (χ1n) is 10.4. The van der Waals surface area contributed by atoms with Crippen LogP contribution in [0.3, 0.4) is 0 Å². The molecule has 0 fully saturated rings. The van der Waals surface area contributed by atoms with Crippen molar-refractivity contribution < 1.29 is 4.79 Å². The summed E-state index contributed by atoms with van der Waals surface area (Å²) in [5.41, 5.74) is 8.91. The van der Waals surface area contributed by atoms with Crippen LogP contribution >= 0.6 is 0 Å². The number of hydrogen-bond donors (Lipinski definition) is 1. The Morgan fingerprint density at radius 2 is 1.83 bits per heavy atom. The van der Waals surface area contributed by atoms with Gasteiger partial charge in [-0.2, -0.15) is 5.10 Å². The van der Waals surface area contributed by atoms with Crippen LogP contribution in [0.1, 0.15) is 43.0 Å². The van der Waals surface area contributed by atoms with Gasteiger partial charge >= 0.3 is 0 Å². The molecule has 0 aliphatic heterocycles. The predicted molar refractivity (Wildman–Crippen MR) is 120 cm³/mol. The van der Waals surface area contributed by atoms with Gasteiger partial charge in [0.05, 0.1) is 6.21 Å². The van der Waals surface area contributed by atoms with E-state index in [2.05, 4.69) is 39.4 Å². The highest BCUT2D eigenvalue weighted by atomic mass is 16.2. The van der Waals surface area contributed by atoms with E-state index in [9.17, 15) is 4.79 Å². The first kappa shape index (κ1) is 19.2. The summed E-state index contributed by atoms with van der Waals surface area (Å²) in [6.45, 7) is 2.66. The second-order valence-corrected chi connectivity index (χ2v) is 7.64. The zero-order chi connectivity index (χ0) is 20.1. The molecule has 2 aromatic carbocycles. The molecule has 1 aromatic heterocycles. The molecule has 0 spiro atoms. The molecule has 1 N–H and O–H groups in total. The average Bonchev–Trinajstić information content (AvgIpc) is 3.07. The van der Waals surface area contributed by atoms with E-state index in [1.54, 1.807) is 6.21 Å². The molecule has 3 aromatic rings. The summed E-state index contributed by atoms with van der Waals surface area (Å²) in [6, 6.07) is 18.6. The van der Waals surface area contributed by atoms with Crippen molar-refractivity contribution >= 4 is 29.1 Å². The van der Waals surface area contributed by atoms with Gasteiger partial charge in [0, 0.05) is 29.6 Å². The number of fused-ring (bicyclic) bond motifs is 3. The molecule has 1 amide bonds. The summed E-state index contributed by atoms with van der Waals surface area (Å²) in [5.74, 6) is -0.0592. The molecule has 1 aliphatic carbocycles. The van der Waals surface area contributed by atoms with Gasteiger partial charge in [-0.1, -0.05) is 54.6 Å². The maximum Gasteiger partial charge on any atom is 0.241 e. The Balaban J connectivity index is 1.39. The number of nitrogens with zero attached hydrogens (tertiary/aromatic N) is 2. The SMILES string of the molecule is CC(C=NNC(=O)CCn1c2c(c3ccccc31)CCCC2)=Cc1ccccc1. The summed E-state index contributed by atoms with van der Waals surface area (Å²) in [6.07, 6.45) is 8.88. The van der Waals surface area contributed by atoms with E-state index in [0.717, 1.165) is 24.0 Å². The number of hydrogen-bond acceptors (Lipinski definition) is 2. The van der Waals surface area contributed by atoms with Gasteiger partial charge in [0.25, 0.3) is 0 Å². The number of aromatic nitrogens is 1. The lowest BCUT2D eigenvalue weighted by Crippen LogP contribution is -2.20. The minimum atomic E-state index is -0.0592. The molecule has 4 rings (SSSR count). The second-order valence-electron chi connectivity index (χ2n) is 7.64. The number of carbonyl (C=O) groups excluding carboxylic acids is 1. The molecule has 4 nitrogen and oxygen atoms in total. The van der Waals surface area contributed by atoms with Crippen LogP contribution in [-0.2, 0) is 24.2 Å². The van der Waals surface area contributed by atoms with E-state index in [-0.39, 0.29) is 5.91 Å². The first-order valence-corrected chi connectivity index (χ1v) is 10.4. The zero-order valence-electron chi connectivity index (χ0n) is 16.9. The minimum absolute atomic E-state index is 0.0592. The third kappa shape index (κ3) is 4.48. The highest BCUT2D eigenvalue weighted by Gasteiger charge is 2.19. The predicted octanol–water partition coefficient (Wildman–Crippen LogP) is 5.12. The normalized spacial score (nSPS) is 14.3. The van der Waals surface area contributed by atoms with Crippen molar-refractivity contribution in [3.05, 3.63) is 77.0 Å². The Bertz CT molecular complexity index is 1060. The number of amides is 1. The Labute approximate surface area is 171 Å². The quantitative estimate of drug-likeness (QED) is 0.465. The van der Waals surface area contributed by atoms with E-state index in [4.69, 9.17) is 0 Å². The average molecular weight is 386 g/mol. The number of aryl methyl sites for hydroxylation is 2. The van der Waals surface area contributed by atoms with Crippen LogP contribution in [0, 0.1) is 0 Å².